The molecule has 0 unspecified atom stereocenters. The molecule has 28 heavy (non-hydrogen) atoms. The lowest BCUT2D eigenvalue weighted by Crippen LogP contribution is -2.21. The zero-order valence-electron chi connectivity index (χ0n) is 17.1. The molecule has 1 nitrogen and oxygen atoms in total. The molecule has 0 amide bonds. The minimum atomic E-state index is 1.03. The fourth-order valence-electron chi connectivity index (χ4n) is 3.29. The Kier molecular flexibility index (Phi) is 6.86. The Morgan fingerprint density at radius 2 is 1.11 bits per heavy atom. The Morgan fingerprint density at radius 1 is 0.607 bits per heavy atom. The summed E-state index contributed by atoms with van der Waals surface area (Å²) in [5.74, 6) is 0. The lowest BCUT2D eigenvalue weighted by atomic mass is 10.1. The Morgan fingerprint density at radius 3 is 1.64 bits per heavy atom. The molecule has 1 heteroatoms. The molecule has 0 bridgehead atoms. The van der Waals surface area contributed by atoms with Crippen molar-refractivity contribution < 1.29 is 0 Å². The van der Waals surface area contributed by atoms with E-state index in [2.05, 4.69) is 123 Å². The van der Waals surface area contributed by atoms with Crippen LogP contribution in [0, 0.1) is 6.92 Å². The maximum Gasteiger partial charge on any atom is 0.0372 e. The van der Waals surface area contributed by atoms with E-state index in [1.807, 2.05) is 0 Å². The summed E-state index contributed by atoms with van der Waals surface area (Å²) in [6, 6.07) is 25.9. The molecule has 0 aliphatic rings. The lowest BCUT2D eigenvalue weighted by molar-refractivity contribution is 0.866. The highest BCUT2D eigenvalue weighted by atomic mass is 15.1. The Hall–Kier alpha value is -3.06. The molecule has 3 aromatic carbocycles. The topological polar surface area (TPSA) is 3.24 Å². The van der Waals surface area contributed by atoms with Gasteiger partial charge in [-0.1, -0.05) is 90.5 Å². The van der Waals surface area contributed by atoms with Crippen LogP contribution in [0.25, 0.3) is 24.3 Å². The van der Waals surface area contributed by atoms with Crippen molar-refractivity contribution >= 4 is 30.0 Å². The van der Waals surface area contributed by atoms with Gasteiger partial charge in [-0.3, -0.25) is 0 Å². The second kappa shape index (κ2) is 9.75. The van der Waals surface area contributed by atoms with Crippen molar-refractivity contribution in [2.24, 2.45) is 0 Å². The molecule has 0 N–H and O–H groups in total. The normalized spacial score (nSPS) is 11.4. The molecular formula is C27H29N. The summed E-state index contributed by atoms with van der Waals surface area (Å²) in [7, 11) is 0. The van der Waals surface area contributed by atoms with Gasteiger partial charge in [-0.15, -0.1) is 0 Å². The van der Waals surface area contributed by atoms with Gasteiger partial charge < -0.3 is 4.90 Å². The van der Waals surface area contributed by atoms with Crippen LogP contribution in [0.3, 0.4) is 0 Å². The maximum absolute atomic E-state index is 2.37. The maximum atomic E-state index is 2.37. The van der Waals surface area contributed by atoms with Crippen molar-refractivity contribution in [1.82, 2.24) is 0 Å². The van der Waals surface area contributed by atoms with Gasteiger partial charge in [-0.05, 0) is 55.2 Å². The number of hydrogen-bond donors (Lipinski definition) is 0. The monoisotopic (exact) mass is 367 g/mol. The van der Waals surface area contributed by atoms with Crippen LogP contribution in [0.1, 0.15) is 41.7 Å². The second-order valence-electron chi connectivity index (χ2n) is 7.01. The van der Waals surface area contributed by atoms with Crippen LogP contribution >= 0.6 is 0 Å². The van der Waals surface area contributed by atoms with Gasteiger partial charge in [0.05, 0.1) is 0 Å². The summed E-state index contributed by atoms with van der Waals surface area (Å²) in [5.41, 5.74) is 7.45. The van der Waals surface area contributed by atoms with Crippen LogP contribution in [0.15, 0.2) is 72.8 Å². The minimum Gasteiger partial charge on any atom is -0.372 e. The first kappa shape index (κ1) is 19.7. The number of aryl methyl sites for hydroxylation is 1. The van der Waals surface area contributed by atoms with Crippen LogP contribution < -0.4 is 4.90 Å². The quantitative estimate of drug-likeness (QED) is 0.400. The van der Waals surface area contributed by atoms with E-state index in [1.54, 1.807) is 0 Å². The Labute approximate surface area is 169 Å². The first-order valence-corrected chi connectivity index (χ1v) is 10.1. The molecule has 0 saturated heterocycles. The van der Waals surface area contributed by atoms with Crippen LogP contribution in [-0.2, 0) is 0 Å². The highest BCUT2D eigenvalue weighted by Gasteiger charge is 2.01. The predicted octanol–water partition coefficient (Wildman–Crippen LogP) is 7.18. The minimum absolute atomic E-state index is 1.03. The van der Waals surface area contributed by atoms with Crippen LogP contribution in [-0.4, -0.2) is 13.1 Å². The van der Waals surface area contributed by atoms with E-state index in [0.29, 0.717) is 0 Å². The number of hydrogen-bond acceptors (Lipinski definition) is 1. The molecule has 0 heterocycles. The summed E-state index contributed by atoms with van der Waals surface area (Å²) in [4.78, 5) is 2.37. The van der Waals surface area contributed by atoms with Gasteiger partial charge in [0.1, 0.15) is 0 Å². The Balaban J connectivity index is 1.68. The van der Waals surface area contributed by atoms with E-state index in [-0.39, 0.29) is 0 Å². The van der Waals surface area contributed by atoms with E-state index in [0.717, 1.165) is 13.1 Å². The van der Waals surface area contributed by atoms with Crippen LogP contribution in [0.2, 0.25) is 0 Å². The zero-order valence-corrected chi connectivity index (χ0v) is 17.1. The van der Waals surface area contributed by atoms with E-state index in [4.69, 9.17) is 0 Å². The van der Waals surface area contributed by atoms with Gasteiger partial charge in [-0.2, -0.15) is 0 Å². The number of nitrogens with zero attached hydrogens (tertiary/aromatic N) is 1. The van der Waals surface area contributed by atoms with Gasteiger partial charge in [-0.25, -0.2) is 0 Å². The predicted molar refractivity (Wildman–Crippen MR) is 125 cm³/mol. The summed E-state index contributed by atoms with van der Waals surface area (Å²) < 4.78 is 0. The average molecular weight is 368 g/mol. The third kappa shape index (κ3) is 5.47. The molecule has 142 valence electrons. The third-order valence-electron chi connectivity index (χ3n) is 4.91. The first-order valence-electron chi connectivity index (χ1n) is 10.1. The number of benzene rings is 3. The number of anilines is 1. The molecule has 0 atom stereocenters. The zero-order chi connectivity index (χ0) is 19.8. The molecule has 0 spiro atoms. The van der Waals surface area contributed by atoms with Gasteiger partial charge in [0.2, 0.25) is 0 Å². The van der Waals surface area contributed by atoms with E-state index >= 15 is 0 Å². The standard InChI is InChI=1S/C27H29N/c1-4-28(5-2)27-11-7-10-26(21-27)19-17-24-14-12-23(13-15-24)16-18-25-9-6-8-22(3)20-25/h6-21H,4-5H2,1-3H3. The summed E-state index contributed by atoms with van der Waals surface area (Å²) >= 11 is 0. The molecule has 0 aliphatic carbocycles. The van der Waals surface area contributed by atoms with Crippen molar-refractivity contribution in [3.8, 4) is 0 Å². The molecule has 0 fully saturated rings. The van der Waals surface area contributed by atoms with Crippen molar-refractivity contribution in [3.05, 3.63) is 101 Å². The molecule has 0 aromatic heterocycles. The van der Waals surface area contributed by atoms with Crippen LogP contribution in [0.4, 0.5) is 5.69 Å². The van der Waals surface area contributed by atoms with Gasteiger partial charge in [0.25, 0.3) is 0 Å². The van der Waals surface area contributed by atoms with Crippen molar-refractivity contribution in [2.75, 3.05) is 18.0 Å². The molecule has 0 saturated carbocycles. The molecule has 3 aromatic rings. The summed E-state index contributed by atoms with van der Waals surface area (Å²) in [5, 5.41) is 0. The number of rotatable bonds is 7. The second-order valence-corrected chi connectivity index (χ2v) is 7.01. The highest BCUT2D eigenvalue weighted by Crippen LogP contribution is 2.18. The summed E-state index contributed by atoms with van der Waals surface area (Å²) in [6.45, 7) is 8.57. The molecular weight excluding hydrogens is 338 g/mol. The van der Waals surface area contributed by atoms with E-state index < -0.39 is 0 Å². The molecule has 0 radical (unpaired) electrons. The fourth-order valence-corrected chi connectivity index (χ4v) is 3.29. The molecule has 0 aliphatic heterocycles. The Bertz CT molecular complexity index is 944. The van der Waals surface area contributed by atoms with E-state index in [1.165, 1.54) is 33.5 Å². The van der Waals surface area contributed by atoms with Gasteiger partial charge in [0, 0.05) is 18.8 Å². The van der Waals surface area contributed by atoms with Crippen molar-refractivity contribution in [3.63, 3.8) is 0 Å². The largest absolute Gasteiger partial charge is 0.372 e. The van der Waals surface area contributed by atoms with Crippen molar-refractivity contribution in [2.45, 2.75) is 20.8 Å². The van der Waals surface area contributed by atoms with Crippen molar-refractivity contribution in [1.29, 1.82) is 0 Å². The van der Waals surface area contributed by atoms with Gasteiger partial charge in [0.15, 0.2) is 0 Å². The third-order valence-corrected chi connectivity index (χ3v) is 4.91. The fraction of sp³-hybridized carbons (Fsp3) is 0.185. The lowest BCUT2D eigenvalue weighted by Gasteiger charge is -2.21. The SMILES string of the molecule is CCN(CC)c1cccc(C=Cc2ccc(C=Cc3cccc(C)c3)cc2)c1. The first-order chi connectivity index (χ1) is 13.7. The molecule has 3 rings (SSSR count). The van der Waals surface area contributed by atoms with Gasteiger partial charge >= 0.3 is 0 Å². The average Bonchev–Trinajstić information content (AvgIpc) is 2.73. The smallest absolute Gasteiger partial charge is 0.0372 e. The van der Waals surface area contributed by atoms with E-state index in [9.17, 15) is 0 Å². The summed E-state index contributed by atoms with van der Waals surface area (Å²) in [6.07, 6.45) is 8.69. The highest BCUT2D eigenvalue weighted by molar-refractivity contribution is 5.74. The van der Waals surface area contributed by atoms with Crippen LogP contribution in [0.5, 0.6) is 0 Å².